The molecule has 174 valence electrons. The number of anilines is 1. The van der Waals surface area contributed by atoms with Gasteiger partial charge in [-0.15, -0.1) is 13.2 Å². The number of nitrogens with zero attached hydrogens (tertiary/aromatic N) is 5. The van der Waals surface area contributed by atoms with Gasteiger partial charge in [-0.25, -0.2) is 0 Å². The van der Waals surface area contributed by atoms with Crippen molar-refractivity contribution in [2.24, 2.45) is 0 Å². The van der Waals surface area contributed by atoms with Crippen LogP contribution in [0.1, 0.15) is 5.56 Å². The Labute approximate surface area is 181 Å². The molecule has 13 heteroatoms. The van der Waals surface area contributed by atoms with Crippen molar-refractivity contribution in [1.29, 1.82) is 0 Å². The first-order chi connectivity index (χ1) is 15.2. The Bertz CT molecular complexity index is 974. The second kappa shape index (κ2) is 8.82. The second-order valence-electron chi connectivity index (χ2n) is 7.82. The van der Waals surface area contributed by atoms with Crippen molar-refractivity contribution < 1.29 is 27.6 Å². The van der Waals surface area contributed by atoms with Crippen molar-refractivity contribution in [3.05, 3.63) is 40.1 Å². The Hall–Kier alpha value is -3.06. The van der Waals surface area contributed by atoms with Gasteiger partial charge in [0.15, 0.2) is 5.75 Å². The molecule has 1 atom stereocenters. The molecule has 32 heavy (non-hydrogen) atoms. The molecule has 1 N–H and O–H groups in total. The fourth-order valence-electron chi connectivity index (χ4n) is 3.75. The summed E-state index contributed by atoms with van der Waals surface area (Å²) in [5.41, 5.74) is 1.19. The van der Waals surface area contributed by atoms with E-state index in [1.807, 2.05) is 11.9 Å². The highest BCUT2D eigenvalue weighted by Gasteiger charge is 2.33. The van der Waals surface area contributed by atoms with Gasteiger partial charge in [0.05, 0.1) is 11.7 Å². The van der Waals surface area contributed by atoms with Crippen LogP contribution in [0.15, 0.2) is 24.4 Å². The summed E-state index contributed by atoms with van der Waals surface area (Å²) in [7, 11) is 1.97. The van der Waals surface area contributed by atoms with Crippen LogP contribution in [-0.4, -0.2) is 71.6 Å². The summed E-state index contributed by atoms with van der Waals surface area (Å²) < 4.78 is 50.0. The molecule has 2 aliphatic heterocycles. The van der Waals surface area contributed by atoms with Crippen molar-refractivity contribution >= 4 is 11.5 Å². The lowest BCUT2D eigenvalue weighted by Crippen LogP contribution is -2.44. The Morgan fingerprint density at radius 1 is 1.31 bits per heavy atom. The molecule has 0 saturated carbocycles. The second-order valence-corrected chi connectivity index (χ2v) is 7.82. The average Bonchev–Trinajstić information content (AvgIpc) is 3.16. The van der Waals surface area contributed by atoms with Gasteiger partial charge in [-0.3, -0.25) is 4.57 Å². The van der Waals surface area contributed by atoms with Crippen molar-refractivity contribution in [3.8, 4) is 11.8 Å². The first-order valence-electron chi connectivity index (χ1n) is 10.1. The van der Waals surface area contributed by atoms with E-state index in [0.717, 1.165) is 18.7 Å². The molecule has 2 aromatic rings. The van der Waals surface area contributed by atoms with Crippen LogP contribution < -0.4 is 19.7 Å². The molecule has 4 rings (SSSR count). The third-order valence-electron chi connectivity index (χ3n) is 5.43. The van der Waals surface area contributed by atoms with Crippen molar-refractivity contribution in [1.82, 2.24) is 19.8 Å². The Balaban J connectivity index is 1.45. The number of likely N-dealkylation sites (N-methyl/N-ethyl adjacent to an activating group) is 1. The molecule has 0 unspecified atom stereocenters. The van der Waals surface area contributed by atoms with Crippen LogP contribution in [0.5, 0.6) is 11.8 Å². The van der Waals surface area contributed by atoms with Crippen LogP contribution in [0.25, 0.3) is 0 Å². The van der Waals surface area contributed by atoms with Crippen molar-refractivity contribution in [2.75, 3.05) is 44.7 Å². The summed E-state index contributed by atoms with van der Waals surface area (Å²) >= 11 is 0. The number of fused-ring (bicyclic) bond motifs is 1. The van der Waals surface area contributed by atoms with E-state index in [1.54, 1.807) is 16.7 Å². The fraction of sp³-hybridized carbons (Fsp3) is 0.526. The van der Waals surface area contributed by atoms with E-state index < -0.39 is 11.3 Å². The standard InChI is InChI=1S/C19H23F3N6O4/c1-25-4-6-26(7-5-25)15-8-13(2-3-16(15)32-19(20,21)22)9-23-14-10-27-11-17(28(29)30)24-18(27)31-12-14/h2-3,8,11,14,23H,4-7,9-10,12H2,1H3/t14-/m0/s1. The number of nitro groups is 1. The minimum atomic E-state index is -4.77. The lowest BCUT2D eigenvalue weighted by atomic mass is 10.1. The molecule has 1 fully saturated rings. The van der Waals surface area contributed by atoms with E-state index >= 15 is 0 Å². The number of hydrogen-bond donors (Lipinski definition) is 1. The maximum absolute atomic E-state index is 12.9. The first-order valence-corrected chi connectivity index (χ1v) is 10.1. The summed E-state index contributed by atoms with van der Waals surface area (Å²) in [6.07, 6.45) is -3.45. The van der Waals surface area contributed by atoms with Crippen molar-refractivity contribution in [2.45, 2.75) is 25.5 Å². The summed E-state index contributed by atoms with van der Waals surface area (Å²) in [5.74, 6) is -0.500. The normalized spacial score (nSPS) is 19.4. The number of ether oxygens (including phenoxy) is 2. The first kappa shape index (κ1) is 22.1. The van der Waals surface area contributed by atoms with Gasteiger partial charge in [0.2, 0.25) is 0 Å². The highest BCUT2D eigenvalue weighted by molar-refractivity contribution is 5.60. The largest absolute Gasteiger partial charge is 0.573 e. The van der Waals surface area contributed by atoms with Gasteiger partial charge in [-0.1, -0.05) is 6.07 Å². The number of nitrogens with one attached hydrogen (secondary N) is 1. The Morgan fingerprint density at radius 2 is 2.06 bits per heavy atom. The minimum absolute atomic E-state index is 0.144. The van der Waals surface area contributed by atoms with Gasteiger partial charge in [0, 0.05) is 44.3 Å². The van der Waals surface area contributed by atoms with Gasteiger partial charge in [-0.05, 0) is 29.7 Å². The van der Waals surface area contributed by atoms with Gasteiger partial charge in [0.25, 0.3) is 0 Å². The van der Waals surface area contributed by atoms with Crippen molar-refractivity contribution in [3.63, 3.8) is 0 Å². The van der Waals surface area contributed by atoms with E-state index in [9.17, 15) is 23.3 Å². The van der Waals surface area contributed by atoms with Gasteiger partial charge < -0.3 is 34.7 Å². The van der Waals surface area contributed by atoms with E-state index in [-0.39, 0.29) is 30.2 Å². The zero-order chi connectivity index (χ0) is 22.9. The monoisotopic (exact) mass is 456 g/mol. The maximum atomic E-state index is 12.9. The molecule has 0 amide bonds. The summed E-state index contributed by atoms with van der Waals surface area (Å²) in [6, 6.07) is 4.68. The molecule has 0 radical (unpaired) electrons. The highest BCUT2D eigenvalue weighted by Crippen LogP contribution is 2.34. The summed E-state index contributed by atoms with van der Waals surface area (Å²) in [5, 5.41) is 14.2. The van der Waals surface area contributed by atoms with Crippen LogP contribution in [0.3, 0.4) is 0 Å². The number of aromatic nitrogens is 2. The number of imidazole rings is 1. The summed E-state index contributed by atoms with van der Waals surface area (Å²) in [6.45, 7) is 3.76. The van der Waals surface area contributed by atoms with E-state index in [2.05, 4.69) is 19.9 Å². The van der Waals surface area contributed by atoms with Crippen LogP contribution in [0.2, 0.25) is 0 Å². The van der Waals surface area contributed by atoms with E-state index in [1.165, 1.54) is 12.3 Å². The molecule has 1 saturated heterocycles. The topological polar surface area (TPSA) is 97.9 Å². The molecule has 3 heterocycles. The van der Waals surface area contributed by atoms with Crippen LogP contribution >= 0.6 is 0 Å². The molecule has 10 nitrogen and oxygen atoms in total. The molecule has 2 aliphatic rings. The van der Waals surface area contributed by atoms with Crippen LogP contribution in [-0.2, 0) is 13.1 Å². The number of benzene rings is 1. The third kappa shape index (κ3) is 5.22. The van der Waals surface area contributed by atoms with Gasteiger partial charge in [-0.2, -0.15) is 0 Å². The predicted molar refractivity (Wildman–Crippen MR) is 108 cm³/mol. The van der Waals surface area contributed by atoms with E-state index in [4.69, 9.17) is 4.74 Å². The van der Waals surface area contributed by atoms with Gasteiger partial charge >= 0.3 is 18.2 Å². The third-order valence-corrected chi connectivity index (χ3v) is 5.43. The summed E-state index contributed by atoms with van der Waals surface area (Å²) in [4.78, 5) is 18.1. The molecular weight excluding hydrogens is 433 g/mol. The van der Waals surface area contributed by atoms with Crippen LogP contribution in [0, 0.1) is 10.1 Å². The van der Waals surface area contributed by atoms with Gasteiger partial charge in [0.1, 0.15) is 12.8 Å². The average molecular weight is 456 g/mol. The molecule has 1 aromatic heterocycles. The maximum Gasteiger partial charge on any atom is 0.573 e. The minimum Gasteiger partial charge on any atom is -0.444 e. The molecule has 0 spiro atoms. The number of piperazine rings is 1. The number of halogens is 3. The SMILES string of the molecule is CN1CCN(c2cc(CN[C@@H]3COc4nc([N+](=O)[O-])cn4C3)ccc2OC(F)(F)F)CC1. The lowest BCUT2D eigenvalue weighted by molar-refractivity contribution is -0.389. The number of alkyl halides is 3. The fourth-order valence-corrected chi connectivity index (χ4v) is 3.75. The molecular formula is C19H23F3N6O4. The number of rotatable bonds is 6. The zero-order valence-corrected chi connectivity index (χ0v) is 17.3. The quantitative estimate of drug-likeness (QED) is 0.521. The number of hydrogen-bond acceptors (Lipinski definition) is 8. The molecule has 1 aromatic carbocycles. The molecule has 0 aliphatic carbocycles. The smallest absolute Gasteiger partial charge is 0.444 e. The lowest BCUT2D eigenvalue weighted by Gasteiger charge is -2.35. The van der Waals surface area contributed by atoms with Crippen LogP contribution in [0.4, 0.5) is 24.7 Å². The zero-order valence-electron chi connectivity index (χ0n) is 17.3. The Morgan fingerprint density at radius 3 is 2.75 bits per heavy atom. The predicted octanol–water partition coefficient (Wildman–Crippen LogP) is 1.99. The highest BCUT2D eigenvalue weighted by atomic mass is 19.4. The molecule has 0 bridgehead atoms. The van der Waals surface area contributed by atoms with E-state index in [0.29, 0.717) is 31.9 Å². The Kier molecular flexibility index (Phi) is 6.11.